The summed E-state index contributed by atoms with van der Waals surface area (Å²) >= 11 is 12.1. The molecule has 1 fully saturated rings. The van der Waals surface area contributed by atoms with E-state index in [1.807, 2.05) is 13.8 Å². The summed E-state index contributed by atoms with van der Waals surface area (Å²) in [7, 11) is 0. The molecule has 7 nitrogen and oxygen atoms in total. The lowest BCUT2D eigenvalue weighted by Crippen LogP contribution is -2.38. The number of amides is 1. The van der Waals surface area contributed by atoms with Crippen molar-refractivity contribution in [2.24, 2.45) is 0 Å². The number of carbonyl (C=O) groups excluding carboxylic acids is 3. The number of ether oxygens (including phenoxy) is 1. The molecule has 1 aliphatic rings. The Hall–Kier alpha value is -2.87. The second-order valence-electron chi connectivity index (χ2n) is 7.81. The largest absolute Gasteiger partial charge is 0.507 e. The smallest absolute Gasteiger partial charge is 0.308 e. The van der Waals surface area contributed by atoms with Crippen LogP contribution in [0, 0.1) is 0 Å². The van der Waals surface area contributed by atoms with Gasteiger partial charge in [0.1, 0.15) is 11.5 Å². The summed E-state index contributed by atoms with van der Waals surface area (Å²) in [4.78, 5) is 41.0. The summed E-state index contributed by atoms with van der Waals surface area (Å²) in [5.74, 6) is -1.94. The molecule has 0 spiro atoms. The maximum Gasteiger partial charge on any atom is 0.308 e. The lowest BCUT2D eigenvalue weighted by atomic mass is 9.95. The number of hydrogen-bond acceptors (Lipinski definition) is 6. The molecule has 1 heterocycles. The van der Waals surface area contributed by atoms with Gasteiger partial charge in [0.2, 0.25) is 0 Å². The second kappa shape index (κ2) is 11.0. The van der Waals surface area contributed by atoms with Gasteiger partial charge in [-0.3, -0.25) is 14.4 Å². The molecule has 1 amide bonds. The molecule has 34 heavy (non-hydrogen) atoms. The van der Waals surface area contributed by atoms with E-state index in [1.165, 1.54) is 30.0 Å². The first kappa shape index (κ1) is 25.7. The Morgan fingerprint density at radius 2 is 1.71 bits per heavy atom. The molecular formula is C25H26Cl2N2O5. The van der Waals surface area contributed by atoms with Gasteiger partial charge in [-0.2, -0.15) is 0 Å². The van der Waals surface area contributed by atoms with Crippen molar-refractivity contribution in [3.8, 4) is 5.75 Å². The zero-order chi connectivity index (χ0) is 25.0. The van der Waals surface area contributed by atoms with Gasteiger partial charge in [-0.05, 0) is 49.0 Å². The number of nitrogens with zero attached hydrogens (tertiary/aromatic N) is 2. The van der Waals surface area contributed by atoms with Crippen LogP contribution < -0.4 is 4.74 Å². The summed E-state index contributed by atoms with van der Waals surface area (Å²) < 4.78 is 5.10. The molecule has 0 bridgehead atoms. The van der Waals surface area contributed by atoms with E-state index >= 15 is 0 Å². The van der Waals surface area contributed by atoms with E-state index < -0.39 is 23.7 Å². The fraction of sp³-hybridized carbons (Fsp3) is 0.320. The van der Waals surface area contributed by atoms with Crippen LogP contribution in [-0.4, -0.2) is 58.7 Å². The zero-order valence-electron chi connectivity index (χ0n) is 19.2. The standard InChI is InChI=1S/C25H26Cl2N2O5/c1-4-28(5-2)12-13-29-22(16-6-9-18(10-7-16)34-15(3)30)21(24(32)25(29)33)23(31)17-8-11-19(26)20(27)14-17/h6-11,14,22,31H,4-5,12-13H2,1-3H3/b23-21-. The molecule has 1 N–H and O–H groups in total. The van der Waals surface area contributed by atoms with E-state index in [9.17, 15) is 19.5 Å². The summed E-state index contributed by atoms with van der Waals surface area (Å²) in [6.07, 6.45) is 0. The number of benzene rings is 2. The lowest BCUT2D eigenvalue weighted by Gasteiger charge is -2.28. The van der Waals surface area contributed by atoms with Gasteiger partial charge in [0.05, 0.1) is 21.7 Å². The van der Waals surface area contributed by atoms with Crippen LogP contribution in [0.4, 0.5) is 0 Å². The minimum absolute atomic E-state index is 0.0387. The molecule has 0 aromatic heterocycles. The van der Waals surface area contributed by atoms with Crippen molar-refractivity contribution < 1.29 is 24.2 Å². The Bertz CT molecular complexity index is 1130. The van der Waals surface area contributed by atoms with Crippen molar-refractivity contribution in [1.29, 1.82) is 0 Å². The molecule has 1 aliphatic heterocycles. The van der Waals surface area contributed by atoms with E-state index in [0.29, 0.717) is 29.4 Å². The zero-order valence-corrected chi connectivity index (χ0v) is 20.7. The molecule has 0 aliphatic carbocycles. The Morgan fingerprint density at radius 3 is 2.26 bits per heavy atom. The van der Waals surface area contributed by atoms with E-state index in [1.54, 1.807) is 24.3 Å². The van der Waals surface area contributed by atoms with Crippen molar-refractivity contribution in [3.05, 3.63) is 69.2 Å². The molecule has 1 saturated heterocycles. The van der Waals surface area contributed by atoms with E-state index in [4.69, 9.17) is 27.9 Å². The number of Topliss-reactive ketones (excluding diaryl/α,β-unsaturated/α-hetero) is 1. The van der Waals surface area contributed by atoms with Crippen LogP contribution >= 0.6 is 23.2 Å². The van der Waals surface area contributed by atoms with Crippen molar-refractivity contribution >= 4 is 46.6 Å². The average molecular weight is 505 g/mol. The predicted octanol–water partition coefficient (Wildman–Crippen LogP) is 4.68. The number of carbonyl (C=O) groups is 3. The Labute approximate surface area is 208 Å². The Morgan fingerprint density at radius 1 is 1.06 bits per heavy atom. The van der Waals surface area contributed by atoms with Crippen molar-refractivity contribution in [1.82, 2.24) is 9.80 Å². The van der Waals surface area contributed by atoms with Gasteiger partial charge in [0, 0.05) is 25.6 Å². The molecule has 0 radical (unpaired) electrons. The van der Waals surface area contributed by atoms with Crippen molar-refractivity contribution in [3.63, 3.8) is 0 Å². The topological polar surface area (TPSA) is 87.2 Å². The number of aliphatic hydroxyl groups excluding tert-OH is 1. The molecular weight excluding hydrogens is 479 g/mol. The van der Waals surface area contributed by atoms with Crippen LogP contribution in [0.3, 0.4) is 0 Å². The highest BCUT2D eigenvalue weighted by atomic mass is 35.5. The third-order valence-electron chi connectivity index (χ3n) is 5.74. The van der Waals surface area contributed by atoms with Gasteiger partial charge in [0.25, 0.3) is 11.7 Å². The van der Waals surface area contributed by atoms with E-state index in [0.717, 1.165) is 13.1 Å². The maximum absolute atomic E-state index is 13.1. The molecule has 1 unspecified atom stereocenters. The predicted molar refractivity (Wildman–Crippen MR) is 131 cm³/mol. The first-order valence-corrected chi connectivity index (χ1v) is 11.7. The van der Waals surface area contributed by atoms with Crippen LogP contribution in [0.2, 0.25) is 10.0 Å². The van der Waals surface area contributed by atoms with E-state index in [2.05, 4.69) is 4.90 Å². The third-order valence-corrected chi connectivity index (χ3v) is 6.48. The highest BCUT2D eigenvalue weighted by Gasteiger charge is 2.46. The number of halogens is 2. The first-order chi connectivity index (χ1) is 16.2. The molecule has 180 valence electrons. The first-order valence-electron chi connectivity index (χ1n) is 10.9. The van der Waals surface area contributed by atoms with Crippen LogP contribution in [0.1, 0.15) is 37.9 Å². The summed E-state index contributed by atoms with van der Waals surface area (Å²) in [6, 6.07) is 10.2. The monoisotopic (exact) mass is 504 g/mol. The van der Waals surface area contributed by atoms with Gasteiger partial charge in [-0.15, -0.1) is 0 Å². The SMILES string of the molecule is CCN(CC)CCN1C(=O)C(=O)/C(=C(\O)c2ccc(Cl)c(Cl)c2)C1c1ccc(OC(C)=O)cc1. The van der Waals surface area contributed by atoms with Crippen LogP contribution in [-0.2, 0) is 14.4 Å². The molecule has 9 heteroatoms. The summed E-state index contributed by atoms with van der Waals surface area (Å²) in [5, 5.41) is 11.6. The molecule has 0 saturated carbocycles. The number of hydrogen-bond donors (Lipinski definition) is 1. The number of aliphatic hydroxyl groups is 1. The molecule has 2 aromatic rings. The van der Waals surface area contributed by atoms with E-state index in [-0.39, 0.29) is 21.9 Å². The maximum atomic E-state index is 13.1. The molecule has 2 aromatic carbocycles. The minimum atomic E-state index is -0.823. The van der Waals surface area contributed by atoms with Crippen LogP contribution in [0.15, 0.2) is 48.0 Å². The van der Waals surface area contributed by atoms with Gasteiger partial charge in [0.15, 0.2) is 0 Å². The number of likely N-dealkylation sites (tertiary alicyclic amines) is 1. The van der Waals surface area contributed by atoms with Crippen LogP contribution in [0.25, 0.3) is 5.76 Å². The Balaban J connectivity index is 2.10. The number of ketones is 1. The quantitative estimate of drug-likeness (QED) is 0.184. The van der Waals surface area contributed by atoms with Gasteiger partial charge in [-0.1, -0.05) is 49.2 Å². The van der Waals surface area contributed by atoms with Crippen LogP contribution in [0.5, 0.6) is 5.75 Å². The highest BCUT2D eigenvalue weighted by molar-refractivity contribution is 6.46. The number of likely N-dealkylation sites (N-methyl/N-ethyl adjacent to an activating group) is 1. The van der Waals surface area contributed by atoms with Gasteiger partial charge >= 0.3 is 5.97 Å². The number of esters is 1. The third kappa shape index (κ3) is 5.43. The molecule has 1 atom stereocenters. The minimum Gasteiger partial charge on any atom is -0.507 e. The average Bonchev–Trinajstić information content (AvgIpc) is 3.06. The lowest BCUT2D eigenvalue weighted by molar-refractivity contribution is -0.140. The Kier molecular flexibility index (Phi) is 8.36. The fourth-order valence-corrected chi connectivity index (χ4v) is 4.23. The van der Waals surface area contributed by atoms with Gasteiger partial charge in [-0.25, -0.2) is 0 Å². The normalized spacial score (nSPS) is 17.5. The fourth-order valence-electron chi connectivity index (χ4n) is 3.93. The molecule has 3 rings (SSSR count). The highest BCUT2D eigenvalue weighted by Crippen LogP contribution is 2.40. The van der Waals surface area contributed by atoms with Gasteiger partial charge < -0.3 is 19.6 Å². The summed E-state index contributed by atoms with van der Waals surface area (Å²) in [5.41, 5.74) is 0.831. The second-order valence-corrected chi connectivity index (χ2v) is 8.63. The van der Waals surface area contributed by atoms with Crippen molar-refractivity contribution in [2.75, 3.05) is 26.2 Å². The van der Waals surface area contributed by atoms with Crippen molar-refractivity contribution in [2.45, 2.75) is 26.8 Å². The summed E-state index contributed by atoms with van der Waals surface area (Å²) in [6.45, 7) is 7.79. The number of rotatable bonds is 8.